The van der Waals surface area contributed by atoms with Crippen molar-refractivity contribution in [3.8, 4) is 0 Å². The third-order valence-corrected chi connectivity index (χ3v) is 3.39. The topological polar surface area (TPSA) is 95.0 Å². The van der Waals surface area contributed by atoms with Gasteiger partial charge in [0, 0.05) is 16.2 Å². The van der Waals surface area contributed by atoms with E-state index in [4.69, 9.17) is 11.2 Å². The van der Waals surface area contributed by atoms with E-state index in [9.17, 15) is 14.4 Å². The van der Waals surface area contributed by atoms with Crippen molar-refractivity contribution < 1.29 is 15.1 Å². The van der Waals surface area contributed by atoms with Crippen LogP contribution in [0.15, 0.2) is 23.0 Å². The number of anilines is 1. The Labute approximate surface area is 126 Å². The Balaban J connectivity index is 2.33. The van der Waals surface area contributed by atoms with Crippen LogP contribution in [0.2, 0.25) is 0 Å². The molecule has 0 radical (unpaired) electrons. The van der Waals surface area contributed by atoms with E-state index in [1.54, 1.807) is 0 Å². The molecule has 2 N–H and O–H groups in total. The number of hydrogen-bond acceptors (Lipinski definition) is 5. The monoisotopic (exact) mass is 289 g/mol. The summed E-state index contributed by atoms with van der Waals surface area (Å²) in [5.41, 5.74) is 5.16. The minimum atomic E-state index is -1.48. The average molecular weight is 289 g/mol. The van der Waals surface area contributed by atoms with E-state index in [0.717, 1.165) is 4.57 Å². The van der Waals surface area contributed by atoms with Gasteiger partial charge in [0.1, 0.15) is 11.6 Å². The molecule has 21 heavy (non-hydrogen) atoms. The van der Waals surface area contributed by atoms with Crippen LogP contribution in [-0.2, 0) is 9.59 Å². The van der Waals surface area contributed by atoms with Gasteiger partial charge in [0.25, 0.3) is 5.56 Å². The molecule has 1 fully saturated rings. The van der Waals surface area contributed by atoms with E-state index >= 15 is 0 Å². The normalized spacial score (nSPS) is 28.9. The van der Waals surface area contributed by atoms with E-state index in [2.05, 4.69) is 4.98 Å². The number of carbonyl (C=O) groups excluding carboxylic acids is 2. The number of Topliss-reactive ketones (excluding diaryl/α,β-unsaturated/α-hetero) is 2. The standard InChI is InChI=1S/C15H15N3O3/c1-8-17-11-4-2-3-10(16)14(11)15(21)18(8)12-6-5-9(19)7-13(12)20/h2-4,12H,5-7,16H2,1H3/i1D,3D,5D,6D. The summed E-state index contributed by atoms with van der Waals surface area (Å²) in [5.74, 6) is -1.37. The molecule has 3 atom stereocenters. The lowest BCUT2D eigenvalue weighted by Crippen LogP contribution is -2.36. The maximum atomic E-state index is 13.0. The fraction of sp³-hybridized carbons (Fsp3) is 0.333. The van der Waals surface area contributed by atoms with Gasteiger partial charge in [-0.05, 0) is 25.4 Å². The van der Waals surface area contributed by atoms with Crippen molar-refractivity contribution in [1.29, 1.82) is 0 Å². The number of benzene rings is 1. The molecule has 0 aliphatic heterocycles. The van der Waals surface area contributed by atoms with E-state index in [-0.39, 0.29) is 28.5 Å². The van der Waals surface area contributed by atoms with E-state index in [1.165, 1.54) is 12.1 Å². The van der Waals surface area contributed by atoms with Crippen LogP contribution in [0.5, 0.6) is 0 Å². The number of hydrogen-bond donors (Lipinski definition) is 1. The van der Waals surface area contributed by atoms with Crippen LogP contribution in [-0.4, -0.2) is 21.1 Å². The second-order valence-corrected chi connectivity index (χ2v) is 4.77. The number of carbonyl (C=O) groups is 2. The number of aromatic nitrogens is 2. The van der Waals surface area contributed by atoms with E-state index in [0.29, 0.717) is 0 Å². The Hall–Kier alpha value is -2.50. The van der Waals surface area contributed by atoms with Gasteiger partial charge in [-0.15, -0.1) is 0 Å². The number of nitrogens with two attached hydrogens (primary N) is 1. The zero-order valence-electron chi connectivity index (χ0n) is 15.0. The molecule has 6 heteroatoms. The van der Waals surface area contributed by atoms with Crippen LogP contribution in [0.1, 0.15) is 36.6 Å². The van der Waals surface area contributed by atoms with Crippen molar-refractivity contribution in [1.82, 2.24) is 9.55 Å². The summed E-state index contributed by atoms with van der Waals surface area (Å²) < 4.78 is 32.1. The van der Waals surface area contributed by atoms with Crippen molar-refractivity contribution in [3.63, 3.8) is 0 Å². The molecule has 1 aliphatic rings. The summed E-state index contributed by atoms with van der Waals surface area (Å²) in [6, 6.07) is 1.34. The minimum Gasteiger partial charge on any atom is -0.398 e. The highest BCUT2D eigenvalue weighted by Gasteiger charge is 2.30. The number of nitrogen functional groups attached to an aromatic ring is 1. The molecule has 0 saturated heterocycles. The van der Waals surface area contributed by atoms with Crippen LogP contribution >= 0.6 is 0 Å². The Bertz CT molecular complexity index is 959. The van der Waals surface area contributed by atoms with Gasteiger partial charge in [0.2, 0.25) is 0 Å². The third-order valence-electron chi connectivity index (χ3n) is 3.39. The summed E-state index contributed by atoms with van der Waals surface area (Å²) >= 11 is 0. The van der Waals surface area contributed by atoms with Crippen LogP contribution in [0.4, 0.5) is 5.69 Å². The molecule has 0 spiro atoms. The third kappa shape index (κ3) is 2.12. The summed E-state index contributed by atoms with van der Waals surface area (Å²) in [6.45, 7) is -0.430. The Morgan fingerprint density at radius 1 is 1.52 bits per heavy atom. The molecule has 1 saturated carbocycles. The van der Waals surface area contributed by atoms with Crippen LogP contribution < -0.4 is 11.3 Å². The maximum absolute atomic E-state index is 13.0. The smallest absolute Gasteiger partial charge is 0.264 e. The van der Waals surface area contributed by atoms with Crippen molar-refractivity contribution in [2.75, 3.05) is 5.73 Å². The van der Waals surface area contributed by atoms with Crippen molar-refractivity contribution in [3.05, 3.63) is 34.4 Å². The molecule has 0 bridgehead atoms. The summed E-state index contributed by atoms with van der Waals surface area (Å²) in [4.78, 5) is 41.1. The zero-order chi connectivity index (χ0) is 18.5. The highest BCUT2D eigenvalue weighted by molar-refractivity contribution is 6.03. The second-order valence-electron chi connectivity index (χ2n) is 4.77. The lowest BCUT2D eigenvalue weighted by molar-refractivity contribution is -0.132. The first-order chi connectivity index (χ1) is 11.8. The van der Waals surface area contributed by atoms with Gasteiger partial charge in [0.15, 0.2) is 5.78 Å². The highest BCUT2D eigenvalue weighted by atomic mass is 16.2. The van der Waals surface area contributed by atoms with Crippen LogP contribution in [0, 0.1) is 6.90 Å². The average Bonchev–Trinajstić information content (AvgIpc) is 2.57. The Morgan fingerprint density at radius 2 is 2.33 bits per heavy atom. The number of rotatable bonds is 1. The summed E-state index contributed by atoms with van der Waals surface area (Å²) in [5, 5.41) is -0.0665. The number of aryl methyl sites for hydroxylation is 1. The lowest BCUT2D eigenvalue weighted by atomic mass is 9.92. The molecule has 108 valence electrons. The predicted octanol–water partition coefficient (Wildman–Crippen LogP) is 1.15. The predicted molar refractivity (Wildman–Crippen MR) is 78.1 cm³/mol. The number of ketones is 2. The van der Waals surface area contributed by atoms with E-state index < -0.39 is 49.3 Å². The molecule has 1 heterocycles. The Kier molecular flexibility index (Phi) is 2.16. The molecule has 2 aromatic rings. The quantitative estimate of drug-likeness (QED) is 0.627. The first kappa shape index (κ1) is 9.44. The summed E-state index contributed by atoms with van der Waals surface area (Å²) in [7, 11) is 0. The first-order valence-electron chi connectivity index (χ1n) is 8.63. The minimum absolute atomic E-state index is 0.0493. The van der Waals surface area contributed by atoms with Gasteiger partial charge in [-0.25, -0.2) is 4.98 Å². The van der Waals surface area contributed by atoms with Gasteiger partial charge in [-0.1, -0.05) is 6.07 Å². The van der Waals surface area contributed by atoms with Gasteiger partial charge in [-0.3, -0.25) is 19.0 Å². The summed E-state index contributed by atoms with van der Waals surface area (Å²) in [6.07, 6.45) is -3.47. The van der Waals surface area contributed by atoms with Gasteiger partial charge < -0.3 is 5.73 Å². The molecule has 1 aromatic heterocycles. The molecule has 6 nitrogen and oxygen atoms in total. The largest absolute Gasteiger partial charge is 0.398 e. The van der Waals surface area contributed by atoms with Crippen LogP contribution in [0.3, 0.4) is 0 Å². The first-order valence-corrected chi connectivity index (χ1v) is 6.27. The SMILES string of the molecule is [2H]Cc1nc2ccc([2H])c(N)c2c(=O)n1C1C(=O)CC(=O)C([2H])C1[2H]. The molecule has 3 rings (SSSR count). The maximum Gasteiger partial charge on any atom is 0.264 e. The van der Waals surface area contributed by atoms with Gasteiger partial charge in [-0.2, -0.15) is 0 Å². The zero-order valence-corrected chi connectivity index (χ0v) is 11.0. The van der Waals surface area contributed by atoms with Crippen molar-refractivity contribution in [2.45, 2.75) is 32.2 Å². The number of nitrogens with zero attached hydrogens (tertiary/aromatic N) is 2. The van der Waals surface area contributed by atoms with Crippen molar-refractivity contribution >= 4 is 28.2 Å². The van der Waals surface area contributed by atoms with E-state index in [1.807, 2.05) is 0 Å². The molecule has 1 aliphatic carbocycles. The Morgan fingerprint density at radius 3 is 3.10 bits per heavy atom. The molecule has 3 unspecified atom stereocenters. The fourth-order valence-electron chi connectivity index (χ4n) is 2.41. The molecule has 0 amide bonds. The lowest BCUT2D eigenvalue weighted by Gasteiger charge is -2.24. The van der Waals surface area contributed by atoms with Gasteiger partial charge in [0.05, 0.1) is 24.7 Å². The molecular weight excluding hydrogens is 270 g/mol. The fourth-order valence-corrected chi connectivity index (χ4v) is 2.41. The number of fused-ring (bicyclic) bond motifs is 1. The highest BCUT2D eigenvalue weighted by Crippen LogP contribution is 2.24. The van der Waals surface area contributed by atoms with Gasteiger partial charge >= 0.3 is 0 Å². The molecule has 1 aromatic carbocycles. The second kappa shape index (κ2) is 4.80. The van der Waals surface area contributed by atoms with Crippen LogP contribution in [0.25, 0.3) is 10.9 Å². The van der Waals surface area contributed by atoms with Crippen molar-refractivity contribution in [2.24, 2.45) is 0 Å². The molecular formula is C15H15N3O3.